The van der Waals surface area contributed by atoms with Crippen molar-refractivity contribution in [1.29, 1.82) is 0 Å². The second kappa shape index (κ2) is 12.2. The van der Waals surface area contributed by atoms with Crippen LogP contribution in [0.3, 0.4) is 0 Å². The fraction of sp³-hybridized carbons (Fsp3) is 0.379. The van der Waals surface area contributed by atoms with E-state index in [1.165, 1.54) is 17.0 Å². The quantitative estimate of drug-likeness (QED) is 0.363. The Hall–Kier alpha value is -3.19. The van der Waals surface area contributed by atoms with E-state index in [1.54, 1.807) is 28.4 Å². The number of carbonyl (C=O) groups is 2. The Morgan fingerprint density at radius 3 is 2.69 bits per heavy atom. The summed E-state index contributed by atoms with van der Waals surface area (Å²) in [4.78, 5) is 31.6. The van der Waals surface area contributed by atoms with Crippen molar-refractivity contribution in [2.45, 2.75) is 39.2 Å². The van der Waals surface area contributed by atoms with Crippen molar-refractivity contribution in [3.05, 3.63) is 87.9 Å². The van der Waals surface area contributed by atoms with Crippen LogP contribution in [0.15, 0.2) is 66.0 Å². The molecule has 36 heavy (non-hydrogen) atoms. The van der Waals surface area contributed by atoms with Crippen LogP contribution in [0.25, 0.3) is 0 Å². The summed E-state index contributed by atoms with van der Waals surface area (Å²) in [6.07, 6.45) is 1.88. The average Bonchev–Trinajstić information content (AvgIpc) is 3.34. The lowest BCUT2D eigenvalue weighted by atomic mass is 10.00. The molecule has 0 bridgehead atoms. The largest absolute Gasteiger partial charge is 0.491 e. The molecule has 4 rings (SSSR count). The number of thiophene rings is 1. The number of amides is 2. The number of hydrogen-bond acceptors (Lipinski definition) is 4. The third kappa shape index (κ3) is 6.72. The second-order valence-electron chi connectivity index (χ2n) is 9.58. The van der Waals surface area contributed by atoms with Crippen molar-refractivity contribution in [3.8, 4) is 5.75 Å². The molecule has 3 aromatic rings. The number of fused-ring (bicyclic) bond motifs is 1. The van der Waals surface area contributed by atoms with Gasteiger partial charge in [-0.2, -0.15) is 0 Å². The standard InChI is InChI=1S/C29H33FN2O3S/c1-21(2)11-14-31(28(33)17-22-7-4-3-5-8-22)19-29(34)32-15-12-27-25(13-16-36-27)26(32)20-35-24-10-6-9-23(30)18-24/h3-10,13,16,18,21,26H,11-12,14-15,17,19-20H2,1-2H3/t26-/m1/s1. The fourth-order valence-electron chi connectivity index (χ4n) is 4.45. The fourth-order valence-corrected chi connectivity index (χ4v) is 5.38. The number of benzene rings is 2. The number of nitrogens with zero attached hydrogens (tertiary/aromatic N) is 2. The lowest BCUT2D eigenvalue weighted by molar-refractivity contribution is -0.142. The van der Waals surface area contributed by atoms with E-state index in [2.05, 4.69) is 13.8 Å². The maximum absolute atomic E-state index is 13.7. The van der Waals surface area contributed by atoms with Gasteiger partial charge in [0.1, 0.15) is 18.2 Å². The molecule has 2 aromatic carbocycles. The molecule has 0 N–H and O–H groups in total. The van der Waals surface area contributed by atoms with Gasteiger partial charge in [0.2, 0.25) is 11.8 Å². The Bertz CT molecular complexity index is 1160. The molecule has 2 heterocycles. The van der Waals surface area contributed by atoms with E-state index in [4.69, 9.17) is 4.74 Å². The van der Waals surface area contributed by atoms with Gasteiger partial charge in [0.15, 0.2) is 0 Å². The normalized spacial score (nSPS) is 15.0. The monoisotopic (exact) mass is 508 g/mol. The Morgan fingerprint density at radius 2 is 1.94 bits per heavy atom. The topological polar surface area (TPSA) is 49.9 Å². The molecular weight excluding hydrogens is 475 g/mol. The van der Waals surface area contributed by atoms with Gasteiger partial charge in [-0.3, -0.25) is 9.59 Å². The summed E-state index contributed by atoms with van der Waals surface area (Å²) in [6.45, 7) is 5.59. The number of hydrogen-bond donors (Lipinski definition) is 0. The Balaban J connectivity index is 1.49. The lowest BCUT2D eigenvalue weighted by Crippen LogP contribution is -2.48. The molecule has 0 spiro atoms. The Morgan fingerprint density at radius 1 is 1.14 bits per heavy atom. The first-order chi connectivity index (χ1) is 17.4. The first kappa shape index (κ1) is 25.9. The van der Waals surface area contributed by atoms with Gasteiger partial charge in [-0.05, 0) is 53.5 Å². The maximum Gasteiger partial charge on any atom is 0.242 e. The summed E-state index contributed by atoms with van der Waals surface area (Å²) in [6, 6.07) is 17.4. The van der Waals surface area contributed by atoms with E-state index in [1.807, 2.05) is 46.7 Å². The molecule has 0 saturated carbocycles. The molecule has 190 valence electrons. The van der Waals surface area contributed by atoms with Crippen LogP contribution < -0.4 is 4.74 Å². The predicted molar refractivity (Wildman–Crippen MR) is 141 cm³/mol. The second-order valence-corrected chi connectivity index (χ2v) is 10.6. The Kier molecular flexibility index (Phi) is 8.75. The van der Waals surface area contributed by atoms with Gasteiger partial charge < -0.3 is 14.5 Å². The highest BCUT2D eigenvalue weighted by atomic mass is 32.1. The van der Waals surface area contributed by atoms with Gasteiger partial charge >= 0.3 is 0 Å². The van der Waals surface area contributed by atoms with E-state index < -0.39 is 0 Å². The summed E-state index contributed by atoms with van der Waals surface area (Å²) in [5.41, 5.74) is 2.01. The zero-order valence-corrected chi connectivity index (χ0v) is 21.7. The molecule has 0 saturated heterocycles. The van der Waals surface area contributed by atoms with E-state index in [-0.39, 0.29) is 43.2 Å². The molecule has 1 aliphatic heterocycles. The van der Waals surface area contributed by atoms with Gasteiger partial charge in [0.05, 0.1) is 19.0 Å². The van der Waals surface area contributed by atoms with Crippen LogP contribution in [0, 0.1) is 11.7 Å². The first-order valence-corrected chi connectivity index (χ1v) is 13.3. The van der Waals surface area contributed by atoms with E-state index in [0.717, 1.165) is 24.0 Å². The number of carbonyl (C=O) groups excluding carboxylic acids is 2. The molecule has 5 nitrogen and oxygen atoms in total. The van der Waals surface area contributed by atoms with Crippen LogP contribution in [-0.4, -0.2) is 47.9 Å². The van der Waals surface area contributed by atoms with E-state index >= 15 is 0 Å². The summed E-state index contributed by atoms with van der Waals surface area (Å²) >= 11 is 1.68. The minimum absolute atomic E-state index is 0.0360. The number of rotatable bonds is 10. The van der Waals surface area contributed by atoms with Crippen molar-refractivity contribution in [1.82, 2.24) is 9.80 Å². The molecule has 0 radical (unpaired) electrons. The molecule has 1 aromatic heterocycles. The van der Waals surface area contributed by atoms with E-state index in [0.29, 0.717) is 24.8 Å². The third-order valence-corrected chi connectivity index (χ3v) is 7.47. The highest BCUT2D eigenvalue weighted by Gasteiger charge is 2.33. The van der Waals surface area contributed by atoms with Crippen LogP contribution >= 0.6 is 11.3 Å². The van der Waals surface area contributed by atoms with Crippen molar-refractivity contribution in [2.24, 2.45) is 5.92 Å². The van der Waals surface area contributed by atoms with Crippen LogP contribution in [0.1, 0.15) is 42.3 Å². The van der Waals surface area contributed by atoms with Crippen LogP contribution in [-0.2, 0) is 22.4 Å². The number of halogens is 1. The first-order valence-electron chi connectivity index (χ1n) is 12.5. The van der Waals surface area contributed by atoms with Crippen molar-refractivity contribution < 1.29 is 18.7 Å². The van der Waals surface area contributed by atoms with Gasteiger partial charge in [-0.25, -0.2) is 4.39 Å². The highest BCUT2D eigenvalue weighted by molar-refractivity contribution is 7.10. The molecule has 1 aliphatic rings. The third-order valence-electron chi connectivity index (χ3n) is 6.47. The predicted octanol–water partition coefficient (Wildman–Crippen LogP) is 5.51. The Labute approximate surface area is 216 Å². The molecule has 1 atom stereocenters. The lowest BCUT2D eigenvalue weighted by Gasteiger charge is -2.37. The smallest absolute Gasteiger partial charge is 0.242 e. The van der Waals surface area contributed by atoms with Crippen molar-refractivity contribution in [2.75, 3.05) is 26.2 Å². The van der Waals surface area contributed by atoms with Crippen LogP contribution in [0.5, 0.6) is 5.75 Å². The van der Waals surface area contributed by atoms with Gasteiger partial charge in [0.25, 0.3) is 0 Å². The molecular formula is C29H33FN2O3S. The zero-order chi connectivity index (χ0) is 25.5. The summed E-state index contributed by atoms with van der Waals surface area (Å²) in [5, 5.41) is 2.03. The van der Waals surface area contributed by atoms with Gasteiger partial charge in [0, 0.05) is 24.0 Å². The van der Waals surface area contributed by atoms with Gasteiger partial charge in [-0.1, -0.05) is 50.2 Å². The SMILES string of the molecule is CC(C)CCN(CC(=O)N1CCc2sccc2[C@H]1COc1cccc(F)c1)C(=O)Cc1ccccc1. The van der Waals surface area contributed by atoms with Crippen LogP contribution in [0.4, 0.5) is 4.39 Å². The highest BCUT2D eigenvalue weighted by Crippen LogP contribution is 2.34. The minimum atomic E-state index is -0.363. The number of ether oxygens (including phenoxy) is 1. The molecule has 0 unspecified atom stereocenters. The zero-order valence-electron chi connectivity index (χ0n) is 20.9. The summed E-state index contributed by atoms with van der Waals surface area (Å²) in [5.74, 6) is 0.350. The minimum Gasteiger partial charge on any atom is -0.491 e. The molecule has 0 aliphatic carbocycles. The maximum atomic E-state index is 13.7. The molecule has 2 amide bonds. The van der Waals surface area contributed by atoms with E-state index in [9.17, 15) is 14.0 Å². The van der Waals surface area contributed by atoms with Crippen molar-refractivity contribution >= 4 is 23.2 Å². The average molecular weight is 509 g/mol. The molecule has 0 fully saturated rings. The van der Waals surface area contributed by atoms with Crippen LogP contribution in [0.2, 0.25) is 0 Å². The van der Waals surface area contributed by atoms with Crippen molar-refractivity contribution in [3.63, 3.8) is 0 Å². The summed E-state index contributed by atoms with van der Waals surface area (Å²) in [7, 11) is 0. The summed E-state index contributed by atoms with van der Waals surface area (Å²) < 4.78 is 19.6. The van der Waals surface area contributed by atoms with Gasteiger partial charge in [-0.15, -0.1) is 11.3 Å². The molecule has 7 heteroatoms.